The van der Waals surface area contributed by atoms with Crippen LogP contribution in [0.25, 0.3) is 0 Å². The number of nitrogens with zero attached hydrogens (tertiary/aromatic N) is 1. The van der Waals surface area contributed by atoms with E-state index >= 15 is 0 Å². The van der Waals surface area contributed by atoms with Crippen LogP contribution >= 0.6 is 0 Å². The molecule has 1 atom stereocenters. The smallest absolute Gasteiger partial charge is 0.247 e. The molecule has 2 amide bonds. The largest absolute Gasteiger partial charge is 0.354 e. The Bertz CT molecular complexity index is 988. The van der Waals surface area contributed by atoms with Crippen molar-refractivity contribution < 1.29 is 9.59 Å². The van der Waals surface area contributed by atoms with E-state index in [1.807, 2.05) is 91.0 Å². The Morgan fingerprint density at radius 1 is 0.788 bits per heavy atom. The molecule has 1 N–H and O–H groups in total. The van der Waals surface area contributed by atoms with Gasteiger partial charge < -0.3 is 10.2 Å². The van der Waals surface area contributed by atoms with Crippen LogP contribution in [0.15, 0.2) is 91.0 Å². The molecule has 0 spiro atoms. The number of aryl methyl sites for hydroxylation is 1. The third-order valence-electron chi connectivity index (χ3n) is 5.68. The summed E-state index contributed by atoms with van der Waals surface area (Å²) in [6, 6.07) is 28.8. The molecule has 0 unspecified atom stereocenters. The lowest BCUT2D eigenvalue weighted by Gasteiger charge is -2.32. The van der Waals surface area contributed by atoms with Crippen molar-refractivity contribution in [2.24, 2.45) is 5.92 Å². The third-order valence-corrected chi connectivity index (χ3v) is 5.68. The topological polar surface area (TPSA) is 49.4 Å². The van der Waals surface area contributed by atoms with E-state index in [0.717, 1.165) is 23.1 Å². The normalized spacial score (nSPS) is 11.7. The van der Waals surface area contributed by atoms with Gasteiger partial charge in [0.25, 0.3) is 0 Å². The number of nitrogens with one attached hydrogen (secondary N) is 1. The maximum Gasteiger partial charge on any atom is 0.247 e. The van der Waals surface area contributed by atoms with Crippen molar-refractivity contribution in [2.45, 2.75) is 45.7 Å². The number of hydrogen-bond acceptors (Lipinski definition) is 2. The van der Waals surface area contributed by atoms with E-state index in [4.69, 9.17) is 0 Å². The minimum Gasteiger partial charge on any atom is -0.354 e. The molecule has 172 valence electrons. The first-order valence-corrected chi connectivity index (χ1v) is 11.7. The first-order chi connectivity index (χ1) is 16.0. The Morgan fingerprint density at radius 3 is 1.91 bits per heavy atom. The number of carbonyl (C=O) groups is 2. The molecule has 0 aliphatic carbocycles. The first-order valence-electron chi connectivity index (χ1n) is 11.7. The van der Waals surface area contributed by atoms with Gasteiger partial charge in [-0.15, -0.1) is 0 Å². The maximum atomic E-state index is 13.6. The van der Waals surface area contributed by atoms with E-state index in [2.05, 4.69) is 19.2 Å². The fourth-order valence-electron chi connectivity index (χ4n) is 3.83. The van der Waals surface area contributed by atoms with Gasteiger partial charge in [0.2, 0.25) is 11.8 Å². The van der Waals surface area contributed by atoms with Gasteiger partial charge in [0.05, 0.1) is 0 Å². The highest BCUT2D eigenvalue weighted by molar-refractivity contribution is 5.88. The molecule has 0 fully saturated rings. The average molecular weight is 443 g/mol. The van der Waals surface area contributed by atoms with Crippen LogP contribution in [0.2, 0.25) is 0 Å². The Balaban J connectivity index is 1.88. The van der Waals surface area contributed by atoms with Gasteiger partial charge in [-0.2, -0.15) is 0 Å². The van der Waals surface area contributed by atoms with Crippen LogP contribution in [0.4, 0.5) is 0 Å². The van der Waals surface area contributed by atoms with E-state index in [0.29, 0.717) is 31.8 Å². The van der Waals surface area contributed by atoms with Gasteiger partial charge in [-0.05, 0) is 35.4 Å². The van der Waals surface area contributed by atoms with Crippen molar-refractivity contribution in [2.75, 3.05) is 6.54 Å². The lowest BCUT2D eigenvalue weighted by atomic mass is 10.0. The fourth-order valence-corrected chi connectivity index (χ4v) is 3.83. The molecule has 3 aromatic rings. The summed E-state index contributed by atoms with van der Waals surface area (Å²) >= 11 is 0. The summed E-state index contributed by atoms with van der Waals surface area (Å²) < 4.78 is 0. The van der Waals surface area contributed by atoms with E-state index in [1.165, 1.54) is 0 Å². The Labute approximate surface area is 197 Å². The second-order valence-electron chi connectivity index (χ2n) is 8.78. The fraction of sp³-hybridized carbons (Fsp3) is 0.310. The molecule has 0 aliphatic rings. The summed E-state index contributed by atoms with van der Waals surface area (Å²) in [6.45, 7) is 5.24. The van der Waals surface area contributed by atoms with E-state index in [1.54, 1.807) is 4.90 Å². The molecule has 4 nitrogen and oxygen atoms in total. The molecular weight excluding hydrogens is 408 g/mol. The Hall–Kier alpha value is -3.40. The summed E-state index contributed by atoms with van der Waals surface area (Å²) in [5, 5.41) is 3.07. The van der Waals surface area contributed by atoms with Crippen molar-refractivity contribution in [3.05, 3.63) is 108 Å². The van der Waals surface area contributed by atoms with Gasteiger partial charge in [-0.25, -0.2) is 0 Å². The SMILES string of the molecule is CC(C)CCNC(=O)[C@H](c1ccccc1)N(Cc1ccccc1)C(=O)CCc1ccccc1. The molecular formula is C29H34N2O2. The molecule has 0 radical (unpaired) electrons. The van der Waals surface area contributed by atoms with Crippen LogP contribution in [0.5, 0.6) is 0 Å². The highest BCUT2D eigenvalue weighted by Crippen LogP contribution is 2.25. The van der Waals surface area contributed by atoms with E-state index in [-0.39, 0.29) is 11.8 Å². The van der Waals surface area contributed by atoms with Crippen molar-refractivity contribution >= 4 is 11.8 Å². The average Bonchev–Trinajstić information content (AvgIpc) is 2.84. The number of carbonyl (C=O) groups excluding carboxylic acids is 2. The maximum absolute atomic E-state index is 13.6. The van der Waals surface area contributed by atoms with Crippen LogP contribution in [0.3, 0.4) is 0 Å². The predicted octanol–water partition coefficient (Wildman–Crippen LogP) is 5.55. The molecule has 33 heavy (non-hydrogen) atoms. The monoisotopic (exact) mass is 442 g/mol. The number of rotatable bonds is 11. The van der Waals surface area contributed by atoms with Gasteiger partial charge in [-0.1, -0.05) is 105 Å². The Kier molecular flexibility index (Phi) is 9.25. The highest BCUT2D eigenvalue weighted by atomic mass is 16.2. The van der Waals surface area contributed by atoms with E-state index < -0.39 is 6.04 Å². The van der Waals surface area contributed by atoms with E-state index in [9.17, 15) is 9.59 Å². The highest BCUT2D eigenvalue weighted by Gasteiger charge is 2.31. The van der Waals surface area contributed by atoms with Crippen molar-refractivity contribution in [1.29, 1.82) is 0 Å². The molecule has 0 aromatic heterocycles. The number of amides is 2. The van der Waals surface area contributed by atoms with Gasteiger partial charge in [-0.3, -0.25) is 9.59 Å². The standard InChI is InChI=1S/C29H34N2O2/c1-23(2)20-21-30-29(33)28(26-16-10-5-11-17-26)31(22-25-14-8-4-9-15-25)27(32)19-18-24-12-6-3-7-13-24/h3-17,23,28H,18-22H2,1-2H3,(H,30,33)/t28-/m0/s1. The zero-order valence-electron chi connectivity index (χ0n) is 19.6. The second-order valence-corrected chi connectivity index (χ2v) is 8.78. The van der Waals surface area contributed by atoms with Gasteiger partial charge in [0.15, 0.2) is 0 Å². The van der Waals surface area contributed by atoms with Crippen molar-refractivity contribution in [3.8, 4) is 0 Å². The first kappa shape index (κ1) is 24.2. The van der Waals surface area contributed by atoms with Crippen molar-refractivity contribution in [1.82, 2.24) is 10.2 Å². The molecule has 0 saturated carbocycles. The summed E-state index contributed by atoms with van der Waals surface area (Å²) in [6.07, 6.45) is 1.88. The summed E-state index contributed by atoms with van der Waals surface area (Å²) in [7, 11) is 0. The van der Waals surface area contributed by atoms with Crippen LogP contribution < -0.4 is 5.32 Å². The van der Waals surface area contributed by atoms with Crippen LogP contribution in [-0.4, -0.2) is 23.3 Å². The predicted molar refractivity (Wildman–Crippen MR) is 133 cm³/mol. The zero-order chi connectivity index (χ0) is 23.5. The number of benzene rings is 3. The lowest BCUT2D eigenvalue weighted by Crippen LogP contribution is -2.43. The minimum absolute atomic E-state index is 0.0319. The minimum atomic E-state index is -0.679. The zero-order valence-corrected chi connectivity index (χ0v) is 19.6. The Morgan fingerprint density at radius 2 is 1.33 bits per heavy atom. The summed E-state index contributed by atoms with van der Waals surface area (Å²) in [4.78, 5) is 28.7. The van der Waals surface area contributed by atoms with Crippen LogP contribution in [0.1, 0.15) is 49.4 Å². The molecule has 0 aliphatic heterocycles. The summed E-state index contributed by atoms with van der Waals surface area (Å²) in [5.74, 6) is 0.329. The van der Waals surface area contributed by atoms with Crippen molar-refractivity contribution in [3.63, 3.8) is 0 Å². The van der Waals surface area contributed by atoms with Gasteiger partial charge in [0, 0.05) is 19.5 Å². The quantitative estimate of drug-likeness (QED) is 0.423. The van der Waals surface area contributed by atoms with Crippen LogP contribution in [0, 0.1) is 5.92 Å². The molecule has 0 saturated heterocycles. The molecule has 0 heterocycles. The third kappa shape index (κ3) is 7.60. The molecule has 3 rings (SSSR count). The van der Waals surface area contributed by atoms with Gasteiger partial charge >= 0.3 is 0 Å². The molecule has 3 aromatic carbocycles. The van der Waals surface area contributed by atoms with Crippen LogP contribution in [-0.2, 0) is 22.6 Å². The van der Waals surface area contributed by atoms with Gasteiger partial charge in [0.1, 0.15) is 6.04 Å². The summed E-state index contributed by atoms with van der Waals surface area (Å²) in [5.41, 5.74) is 2.94. The number of hydrogen-bond donors (Lipinski definition) is 1. The molecule has 0 bridgehead atoms. The second kappa shape index (κ2) is 12.6. The molecule has 4 heteroatoms. The lowest BCUT2D eigenvalue weighted by molar-refractivity contribution is -0.141.